The number of fused-ring (bicyclic) bond motifs is 1. The van der Waals surface area contributed by atoms with Gasteiger partial charge in [0, 0.05) is 6.04 Å². The summed E-state index contributed by atoms with van der Waals surface area (Å²) in [4.78, 5) is 15.1. The van der Waals surface area contributed by atoms with Gasteiger partial charge in [0.05, 0.1) is 12.1 Å². The third-order valence-corrected chi connectivity index (χ3v) is 3.50. The number of nitrogens with zero attached hydrogens (tertiary/aromatic N) is 2. The molecule has 15 heavy (non-hydrogen) atoms. The number of imidazole rings is 1. The van der Waals surface area contributed by atoms with Crippen molar-refractivity contribution in [2.75, 3.05) is 0 Å². The first-order valence-corrected chi connectivity index (χ1v) is 5.84. The lowest BCUT2D eigenvalue weighted by molar-refractivity contribution is -0.138. The van der Waals surface area contributed by atoms with Gasteiger partial charge in [0.15, 0.2) is 0 Å². The Morgan fingerprint density at radius 2 is 2.47 bits per heavy atom. The summed E-state index contributed by atoms with van der Waals surface area (Å²) in [6.45, 7) is 1.93. The molecule has 1 aliphatic heterocycles. The average Bonchev–Trinajstić information content (AvgIpc) is 2.43. The number of carboxylic acid groups (broad SMARTS) is 1. The number of aromatic nitrogens is 2. The van der Waals surface area contributed by atoms with Gasteiger partial charge in [0.1, 0.15) is 10.4 Å². The highest BCUT2D eigenvalue weighted by molar-refractivity contribution is 9.10. The summed E-state index contributed by atoms with van der Waals surface area (Å²) in [6, 6.07) is 0.0741. The Morgan fingerprint density at radius 1 is 1.73 bits per heavy atom. The van der Waals surface area contributed by atoms with E-state index in [0.29, 0.717) is 0 Å². The highest BCUT2D eigenvalue weighted by Gasteiger charge is 2.25. The Hall–Kier alpha value is -0.840. The van der Waals surface area contributed by atoms with Crippen molar-refractivity contribution >= 4 is 21.9 Å². The smallest absolute Gasteiger partial charge is 0.305 e. The molecule has 0 fully saturated rings. The molecule has 0 bridgehead atoms. The number of aryl methyl sites for hydroxylation is 1. The summed E-state index contributed by atoms with van der Waals surface area (Å²) in [6.07, 6.45) is 3.15. The largest absolute Gasteiger partial charge is 0.481 e. The van der Waals surface area contributed by atoms with Crippen LogP contribution in [0.25, 0.3) is 0 Å². The van der Waals surface area contributed by atoms with Crippen LogP contribution in [0, 0.1) is 6.92 Å². The second-order valence-electron chi connectivity index (χ2n) is 3.91. The van der Waals surface area contributed by atoms with Crippen LogP contribution in [-0.4, -0.2) is 20.6 Å². The summed E-state index contributed by atoms with van der Waals surface area (Å²) >= 11 is 3.42. The molecule has 1 aromatic heterocycles. The maximum Gasteiger partial charge on any atom is 0.305 e. The van der Waals surface area contributed by atoms with E-state index in [1.807, 2.05) is 6.92 Å². The van der Waals surface area contributed by atoms with Gasteiger partial charge in [-0.2, -0.15) is 0 Å². The minimum absolute atomic E-state index is 0.0741. The van der Waals surface area contributed by atoms with Crippen molar-refractivity contribution in [2.24, 2.45) is 0 Å². The zero-order valence-electron chi connectivity index (χ0n) is 8.53. The fraction of sp³-hybridized carbons (Fsp3) is 0.600. The molecule has 1 N–H and O–H groups in total. The summed E-state index contributed by atoms with van der Waals surface area (Å²) in [5.74, 6) is 0.167. The van der Waals surface area contributed by atoms with Crippen LogP contribution in [0.3, 0.4) is 0 Å². The summed E-state index contributed by atoms with van der Waals surface area (Å²) in [5, 5.41) is 8.84. The molecule has 0 aromatic carbocycles. The van der Waals surface area contributed by atoms with Gasteiger partial charge < -0.3 is 9.67 Å². The second kappa shape index (κ2) is 3.96. The van der Waals surface area contributed by atoms with Crippen LogP contribution < -0.4 is 0 Å². The first-order valence-electron chi connectivity index (χ1n) is 5.04. The van der Waals surface area contributed by atoms with E-state index in [2.05, 4.69) is 25.5 Å². The number of carboxylic acids is 1. The molecule has 2 rings (SSSR count). The third-order valence-electron chi connectivity index (χ3n) is 2.86. The third kappa shape index (κ3) is 1.93. The molecule has 1 aliphatic rings. The fourth-order valence-electron chi connectivity index (χ4n) is 2.29. The van der Waals surface area contributed by atoms with Crippen molar-refractivity contribution in [3.63, 3.8) is 0 Å². The molecule has 0 amide bonds. The molecule has 0 radical (unpaired) electrons. The lowest BCUT2D eigenvalue weighted by Gasteiger charge is -2.25. The zero-order chi connectivity index (χ0) is 11.0. The zero-order valence-corrected chi connectivity index (χ0v) is 10.1. The number of hydrogen-bond donors (Lipinski definition) is 1. The van der Waals surface area contributed by atoms with E-state index in [0.717, 1.165) is 35.4 Å². The lowest BCUT2D eigenvalue weighted by atomic mass is 10.0. The van der Waals surface area contributed by atoms with E-state index in [1.165, 1.54) is 0 Å². The molecule has 82 valence electrons. The predicted octanol–water partition coefficient (Wildman–Crippen LogP) is 2.31. The van der Waals surface area contributed by atoms with Crippen LogP contribution in [0.1, 0.15) is 36.8 Å². The molecular formula is C10H13BrN2O2. The fourth-order valence-corrected chi connectivity index (χ4v) is 2.94. The Labute approximate surface area is 96.4 Å². The summed E-state index contributed by atoms with van der Waals surface area (Å²) in [7, 11) is 0. The SMILES string of the molecule is Cc1nc(Br)c2n1C(CC(=O)O)CCC2. The van der Waals surface area contributed by atoms with Crippen LogP contribution in [-0.2, 0) is 11.2 Å². The van der Waals surface area contributed by atoms with Crippen LogP contribution in [0.15, 0.2) is 4.60 Å². The van der Waals surface area contributed by atoms with Crippen molar-refractivity contribution in [2.45, 2.75) is 38.6 Å². The normalized spacial score (nSPS) is 20.0. The standard InChI is InChI=1S/C10H13BrN2O2/c1-6-12-10(11)8-4-2-3-7(13(6)8)5-9(14)15/h7H,2-5H2,1H3,(H,14,15). The molecule has 0 saturated heterocycles. The quantitative estimate of drug-likeness (QED) is 0.899. The van der Waals surface area contributed by atoms with Crippen LogP contribution in [0.2, 0.25) is 0 Å². The topological polar surface area (TPSA) is 55.1 Å². The van der Waals surface area contributed by atoms with Crippen LogP contribution >= 0.6 is 15.9 Å². The number of hydrogen-bond acceptors (Lipinski definition) is 2. The van der Waals surface area contributed by atoms with Gasteiger partial charge in [0.2, 0.25) is 0 Å². The molecule has 1 unspecified atom stereocenters. The van der Waals surface area contributed by atoms with Crippen LogP contribution in [0.5, 0.6) is 0 Å². The van der Waals surface area contributed by atoms with Gasteiger partial charge in [-0.3, -0.25) is 4.79 Å². The van der Waals surface area contributed by atoms with E-state index < -0.39 is 5.97 Å². The van der Waals surface area contributed by atoms with Gasteiger partial charge >= 0.3 is 5.97 Å². The van der Waals surface area contributed by atoms with Crippen molar-refractivity contribution in [1.29, 1.82) is 0 Å². The van der Waals surface area contributed by atoms with E-state index in [4.69, 9.17) is 5.11 Å². The van der Waals surface area contributed by atoms with Crippen molar-refractivity contribution in [1.82, 2.24) is 9.55 Å². The Morgan fingerprint density at radius 3 is 3.13 bits per heavy atom. The minimum Gasteiger partial charge on any atom is -0.481 e. The molecule has 0 spiro atoms. The van der Waals surface area contributed by atoms with Gasteiger partial charge in [0.25, 0.3) is 0 Å². The number of rotatable bonds is 2. The van der Waals surface area contributed by atoms with E-state index in [9.17, 15) is 4.79 Å². The minimum atomic E-state index is -0.739. The molecule has 1 aromatic rings. The van der Waals surface area contributed by atoms with Gasteiger partial charge in [-0.15, -0.1) is 0 Å². The Kier molecular flexibility index (Phi) is 2.82. The second-order valence-corrected chi connectivity index (χ2v) is 4.66. The van der Waals surface area contributed by atoms with Crippen molar-refractivity contribution < 1.29 is 9.90 Å². The molecule has 4 nitrogen and oxygen atoms in total. The molecule has 5 heteroatoms. The number of carbonyl (C=O) groups is 1. The highest BCUT2D eigenvalue weighted by atomic mass is 79.9. The first kappa shape index (κ1) is 10.7. The molecule has 2 heterocycles. The summed E-state index contributed by atoms with van der Waals surface area (Å²) < 4.78 is 2.94. The highest BCUT2D eigenvalue weighted by Crippen LogP contribution is 2.32. The van der Waals surface area contributed by atoms with Crippen LogP contribution in [0.4, 0.5) is 0 Å². The number of aliphatic carboxylic acids is 1. The molecule has 0 aliphatic carbocycles. The summed E-state index contributed by atoms with van der Waals surface area (Å²) in [5.41, 5.74) is 1.14. The molecule has 1 atom stereocenters. The molecule has 0 saturated carbocycles. The predicted molar refractivity (Wildman–Crippen MR) is 58.9 cm³/mol. The Balaban J connectivity index is 2.37. The monoisotopic (exact) mass is 272 g/mol. The molecular weight excluding hydrogens is 260 g/mol. The Bertz CT molecular complexity index is 400. The van der Waals surface area contributed by atoms with Gasteiger partial charge in [-0.25, -0.2) is 4.98 Å². The maximum atomic E-state index is 10.7. The maximum absolute atomic E-state index is 10.7. The van der Waals surface area contributed by atoms with Crippen molar-refractivity contribution in [3.8, 4) is 0 Å². The van der Waals surface area contributed by atoms with Gasteiger partial charge in [-0.05, 0) is 42.1 Å². The van der Waals surface area contributed by atoms with E-state index >= 15 is 0 Å². The van der Waals surface area contributed by atoms with Crippen molar-refractivity contribution in [3.05, 3.63) is 16.1 Å². The first-order chi connectivity index (χ1) is 7.09. The van der Waals surface area contributed by atoms with E-state index in [1.54, 1.807) is 0 Å². The average molecular weight is 273 g/mol. The number of halogens is 1. The van der Waals surface area contributed by atoms with Gasteiger partial charge in [-0.1, -0.05) is 0 Å². The van der Waals surface area contributed by atoms with E-state index in [-0.39, 0.29) is 12.5 Å². The lowest BCUT2D eigenvalue weighted by Crippen LogP contribution is -2.21.